The van der Waals surface area contributed by atoms with E-state index < -0.39 is 5.60 Å². The fraction of sp³-hybridized carbons (Fsp3) is 0.474. The minimum Gasteiger partial charge on any atom is -0.450 e. The smallest absolute Gasteiger partial charge is 0.410 e. The molecule has 8 heteroatoms. The van der Waals surface area contributed by atoms with Gasteiger partial charge in [-0.3, -0.25) is 0 Å². The fourth-order valence-corrected chi connectivity index (χ4v) is 2.74. The fourth-order valence-electron chi connectivity index (χ4n) is 2.74. The molecule has 1 aromatic heterocycles. The largest absolute Gasteiger partial charge is 0.450 e. The van der Waals surface area contributed by atoms with Crippen molar-refractivity contribution >= 4 is 12.0 Å². The minimum absolute atomic E-state index is 0.128. The van der Waals surface area contributed by atoms with Gasteiger partial charge in [-0.15, -0.1) is 0 Å². The van der Waals surface area contributed by atoms with Crippen molar-refractivity contribution < 1.29 is 23.5 Å². The summed E-state index contributed by atoms with van der Waals surface area (Å²) in [6.45, 7) is 8.64. The van der Waals surface area contributed by atoms with E-state index in [9.17, 15) is 4.79 Å². The summed E-state index contributed by atoms with van der Waals surface area (Å²) in [6.07, 6.45) is -0.605. The van der Waals surface area contributed by atoms with Crippen LogP contribution in [0, 0.1) is 6.92 Å². The Morgan fingerprint density at radius 3 is 2.81 bits per heavy atom. The Morgan fingerprint density at radius 2 is 2.15 bits per heavy atom. The van der Waals surface area contributed by atoms with Crippen LogP contribution in [0.3, 0.4) is 0 Å². The molecule has 1 aliphatic rings. The van der Waals surface area contributed by atoms with Crippen LogP contribution in [0.2, 0.25) is 0 Å². The highest BCUT2D eigenvalue weighted by molar-refractivity contribution is 5.68. The molecule has 0 spiro atoms. The molecule has 27 heavy (non-hydrogen) atoms. The summed E-state index contributed by atoms with van der Waals surface area (Å²) in [4.78, 5) is 14.0. The maximum absolute atomic E-state index is 12.3. The van der Waals surface area contributed by atoms with Crippen LogP contribution >= 0.6 is 0 Å². The number of morpholine rings is 1. The van der Waals surface area contributed by atoms with Gasteiger partial charge in [0.1, 0.15) is 23.1 Å². The van der Waals surface area contributed by atoms with Crippen molar-refractivity contribution in [3.63, 3.8) is 0 Å². The van der Waals surface area contributed by atoms with E-state index in [0.29, 0.717) is 36.9 Å². The lowest BCUT2D eigenvalue weighted by molar-refractivity contribution is -0.0433. The highest BCUT2D eigenvalue weighted by Gasteiger charge is 2.29. The van der Waals surface area contributed by atoms with Crippen molar-refractivity contribution in [2.24, 2.45) is 0 Å². The van der Waals surface area contributed by atoms with Gasteiger partial charge in [-0.2, -0.15) is 0 Å². The van der Waals surface area contributed by atoms with E-state index in [1.807, 2.05) is 45.0 Å². The summed E-state index contributed by atoms with van der Waals surface area (Å²) in [5.41, 5.74) is 6.67. The number of nitrogen functional groups attached to an aromatic ring is 1. The number of anilines is 1. The van der Waals surface area contributed by atoms with Crippen LogP contribution in [0.5, 0.6) is 11.5 Å². The van der Waals surface area contributed by atoms with Crippen LogP contribution in [0.4, 0.5) is 10.7 Å². The Morgan fingerprint density at radius 1 is 1.37 bits per heavy atom. The van der Waals surface area contributed by atoms with Crippen LogP contribution in [0.25, 0.3) is 0 Å². The summed E-state index contributed by atoms with van der Waals surface area (Å²) in [7, 11) is 0. The molecule has 1 unspecified atom stereocenters. The van der Waals surface area contributed by atoms with Crippen molar-refractivity contribution in [2.45, 2.75) is 39.4 Å². The molecule has 0 aliphatic carbocycles. The molecule has 2 N–H and O–H groups in total. The second-order valence-electron chi connectivity index (χ2n) is 7.42. The SMILES string of the molecule is Cc1noc(N)c1Oc1cccc(C2CN(C(=O)OC(C)(C)C)CCO2)c1. The Hall–Kier alpha value is -2.74. The normalized spacial score (nSPS) is 17.6. The molecule has 1 aromatic carbocycles. The van der Waals surface area contributed by atoms with E-state index in [2.05, 4.69) is 5.16 Å². The Balaban J connectivity index is 1.72. The van der Waals surface area contributed by atoms with Gasteiger partial charge >= 0.3 is 6.09 Å². The van der Waals surface area contributed by atoms with Gasteiger partial charge in [0.05, 0.1) is 13.2 Å². The van der Waals surface area contributed by atoms with E-state index in [1.165, 1.54) is 0 Å². The van der Waals surface area contributed by atoms with E-state index in [4.69, 9.17) is 24.5 Å². The summed E-state index contributed by atoms with van der Waals surface area (Å²) in [5.74, 6) is 1.11. The minimum atomic E-state index is -0.533. The van der Waals surface area contributed by atoms with Crippen LogP contribution in [-0.2, 0) is 9.47 Å². The number of carbonyl (C=O) groups excluding carboxylic acids is 1. The van der Waals surface area contributed by atoms with E-state index in [-0.39, 0.29) is 18.1 Å². The molecule has 3 rings (SSSR count). The molecule has 146 valence electrons. The molecule has 1 fully saturated rings. The average molecular weight is 375 g/mol. The van der Waals surface area contributed by atoms with Gasteiger partial charge in [-0.1, -0.05) is 17.3 Å². The van der Waals surface area contributed by atoms with Crippen molar-refractivity contribution in [1.29, 1.82) is 0 Å². The van der Waals surface area contributed by atoms with E-state index >= 15 is 0 Å². The predicted octanol–water partition coefficient (Wildman–Crippen LogP) is 3.67. The molecule has 1 amide bonds. The van der Waals surface area contributed by atoms with Gasteiger partial charge < -0.3 is 29.4 Å². The first-order valence-electron chi connectivity index (χ1n) is 8.82. The first kappa shape index (κ1) is 19.0. The van der Waals surface area contributed by atoms with Crippen LogP contribution in [0.15, 0.2) is 28.8 Å². The van der Waals surface area contributed by atoms with E-state index in [1.54, 1.807) is 11.8 Å². The zero-order valence-electron chi connectivity index (χ0n) is 16.0. The molecule has 0 radical (unpaired) electrons. The lowest BCUT2D eigenvalue weighted by Gasteiger charge is -2.34. The quantitative estimate of drug-likeness (QED) is 0.873. The van der Waals surface area contributed by atoms with Crippen molar-refractivity contribution in [3.05, 3.63) is 35.5 Å². The number of benzene rings is 1. The number of aromatic nitrogens is 1. The number of aryl methyl sites for hydroxylation is 1. The Kier molecular flexibility index (Phi) is 5.27. The monoisotopic (exact) mass is 375 g/mol. The van der Waals surface area contributed by atoms with Gasteiger partial charge in [0.15, 0.2) is 0 Å². The van der Waals surface area contributed by atoms with Gasteiger partial charge in [-0.05, 0) is 45.4 Å². The molecule has 1 aliphatic heterocycles. The summed E-state index contributed by atoms with van der Waals surface area (Å²) >= 11 is 0. The molecule has 2 heterocycles. The summed E-state index contributed by atoms with van der Waals surface area (Å²) in [5, 5.41) is 3.78. The molecular formula is C19H25N3O5. The number of rotatable bonds is 3. The number of hydrogen-bond acceptors (Lipinski definition) is 7. The molecule has 8 nitrogen and oxygen atoms in total. The molecule has 1 atom stereocenters. The van der Waals surface area contributed by atoms with Crippen molar-refractivity contribution in [1.82, 2.24) is 10.1 Å². The van der Waals surface area contributed by atoms with Gasteiger partial charge in [-0.25, -0.2) is 4.79 Å². The van der Waals surface area contributed by atoms with Crippen molar-refractivity contribution in [2.75, 3.05) is 25.4 Å². The number of amides is 1. The number of nitrogens with zero attached hydrogens (tertiary/aromatic N) is 2. The Bertz CT molecular complexity index is 792. The van der Waals surface area contributed by atoms with Crippen LogP contribution < -0.4 is 10.5 Å². The molecular weight excluding hydrogens is 350 g/mol. The number of nitrogens with two attached hydrogens (primary N) is 1. The summed E-state index contributed by atoms with van der Waals surface area (Å²) in [6, 6.07) is 7.46. The first-order chi connectivity index (χ1) is 12.7. The molecule has 0 saturated carbocycles. The molecule has 0 bridgehead atoms. The standard InChI is InChI=1S/C19H25N3O5/c1-12-16(17(20)27-21-12)25-14-7-5-6-13(10-14)15-11-22(8-9-24-15)18(23)26-19(2,3)4/h5-7,10,15H,8-9,11,20H2,1-4H3. The maximum Gasteiger partial charge on any atom is 0.410 e. The van der Waals surface area contributed by atoms with Crippen LogP contribution in [-0.4, -0.2) is 41.4 Å². The number of ether oxygens (including phenoxy) is 3. The van der Waals surface area contributed by atoms with Gasteiger partial charge in [0.2, 0.25) is 5.75 Å². The maximum atomic E-state index is 12.3. The lowest BCUT2D eigenvalue weighted by Crippen LogP contribution is -2.44. The topological polar surface area (TPSA) is 100 Å². The predicted molar refractivity (Wildman–Crippen MR) is 98.7 cm³/mol. The second kappa shape index (κ2) is 7.48. The van der Waals surface area contributed by atoms with Crippen molar-refractivity contribution in [3.8, 4) is 11.5 Å². The van der Waals surface area contributed by atoms with Gasteiger partial charge in [0, 0.05) is 6.54 Å². The van der Waals surface area contributed by atoms with Gasteiger partial charge in [0.25, 0.3) is 5.88 Å². The Labute approximate surface area is 158 Å². The zero-order chi connectivity index (χ0) is 19.6. The third-order valence-corrected chi connectivity index (χ3v) is 4.00. The highest BCUT2D eigenvalue weighted by Crippen LogP contribution is 2.33. The first-order valence-corrected chi connectivity index (χ1v) is 8.82. The molecule has 2 aromatic rings. The summed E-state index contributed by atoms with van der Waals surface area (Å²) < 4.78 is 22.0. The van der Waals surface area contributed by atoms with E-state index in [0.717, 1.165) is 5.56 Å². The van der Waals surface area contributed by atoms with Crippen LogP contribution in [0.1, 0.15) is 38.1 Å². The number of hydrogen-bond donors (Lipinski definition) is 1. The third-order valence-electron chi connectivity index (χ3n) is 4.00. The average Bonchev–Trinajstić information content (AvgIpc) is 2.93. The second-order valence-corrected chi connectivity index (χ2v) is 7.42. The number of carbonyl (C=O) groups is 1. The third kappa shape index (κ3) is 4.71. The molecule has 1 saturated heterocycles. The lowest BCUT2D eigenvalue weighted by atomic mass is 10.1. The highest BCUT2D eigenvalue weighted by atomic mass is 16.6. The zero-order valence-corrected chi connectivity index (χ0v) is 16.0.